The maximum Gasteiger partial charge on any atom is 0.0628 e. The Labute approximate surface area is 117 Å². The summed E-state index contributed by atoms with van der Waals surface area (Å²) in [7, 11) is 2.05. The molecule has 1 N–H and O–H groups in total. The van der Waals surface area contributed by atoms with E-state index in [0.29, 0.717) is 6.04 Å². The minimum absolute atomic E-state index is 0.643. The van der Waals surface area contributed by atoms with E-state index in [0.717, 1.165) is 18.9 Å². The van der Waals surface area contributed by atoms with Crippen LogP contribution in [0.2, 0.25) is 0 Å². The van der Waals surface area contributed by atoms with Gasteiger partial charge in [0.25, 0.3) is 0 Å². The minimum Gasteiger partial charge on any atom is -0.313 e. The summed E-state index contributed by atoms with van der Waals surface area (Å²) in [5.74, 6) is 0.866. The molecule has 1 unspecified atom stereocenters. The molecule has 3 heteroatoms. The van der Waals surface area contributed by atoms with E-state index < -0.39 is 0 Å². The van der Waals surface area contributed by atoms with Gasteiger partial charge in [0.1, 0.15) is 0 Å². The molecule has 1 aliphatic rings. The largest absolute Gasteiger partial charge is 0.313 e. The Morgan fingerprint density at radius 2 is 2.00 bits per heavy atom. The molecule has 0 amide bonds. The maximum atomic E-state index is 4.56. The molecule has 0 aliphatic heterocycles. The number of nitrogens with one attached hydrogen (secondary N) is 1. The molecule has 1 saturated carbocycles. The Kier molecular flexibility index (Phi) is 5.03. The maximum absolute atomic E-state index is 4.56. The Hall–Kier alpha value is -0.830. The third-order valence-electron chi connectivity index (χ3n) is 4.71. The summed E-state index contributed by atoms with van der Waals surface area (Å²) >= 11 is 0. The molecule has 0 aromatic carbocycles. The van der Waals surface area contributed by atoms with Gasteiger partial charge in [-0.2, -0.15) is 5.10 Å². The fourth-order valence-corrected chi connectivity index (χ4v) is 3.43. The van der Waals surface area contributed by atoms with Gasteiger partial charge in [0, 0.05) is 18.8 Å². The lowest BCUT2D eigenvalue weighted by Gasteiger charge is -2.25. The Morgan fingerprint density at radius 1 is 1.32 bits per heavy atom. The summed E-state index contributed by atoms with van der Waals surface area (Å²) in [5.41, 5.74) is 4.00. The molecule has 108 valence electrons. The molecule has 1 aromatic rings. The molecule has 1 fully saturated rings. The van der Waals surface area contributed by atoms with E-state index in [1.54, 1.807) is 0 Å². The van der Waals surface area contributed by atoms with Gasteiger partial charge in [-0.25, -0.2) is 0 Å². The SMILES string of the molecule is CCCNC(Cc1c(C)nn(C)c1C)C1CCCC1. The van der Waals surface area contributed by atoms with Crippen LogP contribution < -0.4 is 5.32 Å². The molecule has 1 aliphatic carbocycles. The molecule has 19 heavy (non-hydrogen) atoms. The highest BCUT2D eigenvalue weighted by atomic mass is 15.3. The predicted molar refractivity (Wildman–Crippen MR) is 80.4 cm³/mol. The first-order valence-electron chi connectivity index (χ1n) is 7.86. The molecule has 0 spiro atoms. The van der Waals surface area contributed by atoms with Crippen LogP contribution in [0.4, 0.5) is 0 Å². The van der Waals surface area contributed by atoms with Gasteiger partial charge in [0.2, 0.25) is 0 Å². The number of aryl methyl sites for hydroxylation is 2. The summed E-state index contributed by atoms with van der Waals surface area (Å²) in [4.78, 5) is 0. The number of aromatic nitrogens is 2. The summed E-state index contributed by atoms with van der Waals surface area (Å²) in [6.07, 6.45) is 8.00. The third-order valence-corrected chi connectivity index (χ3v) is 4.71. The van der Waals surface area contributed by atoms with E-state index in [9.17, 15) is 0 Å². The standard InChI is InChI=1S/C16H29N3/c1-5-10-17-16(14-8-6-7-9-14)11-15-12(2)18-19(4)13(15)3/h14,16-17H,5-11H2,1-4H3. The van der Waals surface area contributed by atoms with E-state index in [4.69, 9.17) is 0 Å². The molecule has 1 aromatic heterocycles. The van der Waals surface area contributed by atoms with Gasteiger partial charge >= 0.3 is 0 Å². The van der Waals surface area contributed by atoms with E-state index in [1.807, 2.05) is 4.68 Å². The van der Waals surface area contributed by atoms with Gasteiger partial charge in [-0.05, 0) is 57.6 Å². The van der Waals surface area contributed by atoms with Crippen molar-refractivity contribution in [3.8, 4) is 0 Å². The van der Waals surface area contributed by atoms with Gasteiger partial charge in [0.15, 0.2) is 0 Å². The molecule has 0 radical (unpaired) electrons. The van der Waals surface area contributed by atoms with E-state index in [-0.39, 0.29) is 0 Å². The van der Waals surface area contributed by atoms with Crippen molar-refractivity contribution in [2.24, 2.45) is 13.0 Å². The van der Waals surface area contributed by atoms with E-state index in [2.05, 4.69) is 38.2 Å². The lowest BCUT2D eigenvalue weighted by molar-refractivity contribution is 0.356. The van der Waals surface area contributed by atoms with Crippen LogP contribution in [-0.2, 0) is 13.5 Å². The van der Waals surface area contributed by atoms with Crippen molar-refractivity contribution in [2.45, 2.75) is 65.3 Å². The van der Waals surface area contributed by atoms with Crippen molar-refractivity contribution in [3.63, 3.8) is 0 Å². The quantitative estimate of drug-likeness (QED) is 0.854. The van der Waals surface area contributed by atoms with Gasteiger partial charge < -0.3 is 5.32 Å². The second-order valence-electron chi connectivity index (χ2n) is 6.08. The number of nitrogens with zero attached hydrogens (tertiary/aromatic N) is 2. The summed E-state index contributed by atoms with van der Waals surface area (Å²) in [6, 6.07) is 0.643. The number of hydrogen-bond donors (Lipinski definition) is 1. The molecule has 0 bridgehead atoms. The smallest absolute Gasteiger partial charge is 0.0628 e. The van der Waals surface area contributed by atoms with Gasteiger partial charge in [-0.1, -0.05) is 19.8 Å². The number of rotatable bonds is 6. The van der Waals surface area contributed by atoms with Crippen molar-refractivity contribution in [2.75, 3.05) is 6.54 Å². The van der Waals surface area contributed by atoms with Crippen LogP contribution in [0.5, 0.6) is 0 Å². The average molecular weight is 263 g/mol. The molecular weight excluding hydrogens is 234 g/mol. The Morgan fingerprint density at radius 3 is 2.53 bits per heavy atom. The predicted octanol–water partition coefficient (Wildman–Crippen LogP) is 3.14. The molecule has 0 saturated heterocycles. The third kappa shape index (κ3) is 3.38. The van der Waals surface area contributed by atoms with Crippen molar-refractivity contribution < 1.29 is 0 Å². The highest BCUT2D eigenvalue weighted by Gasteiger charge is 2.26. The van der Waals surface area contributed by atoms with Gasteiger partial charge in [-0.3, -0.25) is 4.68 Å². The molecular formula is C16H29N3. The average Bonchev–Trinajstić information content (AvgIpc) is 2.98. The molecule has 2 rings (SSSR count). The van der Waals surface area contributed by atoms with Crippen molar-refractivity contribution in [1.82, 2.24) is 15.1 Å². The lowest BCUT2D eigenvalue weighted by atomic mass is 9.91. The minimum atomic E-state index is 0.643. The molecule has 3 nitrogen and oxygen atoms in total. The van der Waals surface area contributed by atoms with Crippen LogP contribution in [0.1, 0.15) is 56.0 Å². The first-order valence-corrected chi connectivity index (χ1v) is 7.86. The highest BCUT2D eigenvalue weighted by molar-refractivity contribution is 5.25. The van der Waals surface area contributed by atoms with E-state index in [1.165, 1.54) is 49.1 Å². The fraction of sp³-hybridized carbons (Fsp3) is 0.812. The number of hydrogen-bond acceptors (Lipinski definition) is 2. The van der Waals surface area contributed by atoms with Crippen LogP contribution in [0, 0.1) is 19.8 Å². The Balaban J connectivity index is 2.09. The zero-order chi connectivity index (χ0) is 13.8. The lowest BCUT2D eigenvalue weighted by Crippen LogP contribution is -2.37. The van der Waals surface area contributed by atoms with Crippen LogP contribution in [0.3, 0.4) is 0 Å². The Bertz CT molecular complexity index is 402. The van der Waals surface area contributed by atoms with Gasteiger partial charge in [0.05, 0.1) is 5.69 Å². The van der Waals surface area contributed by atoms with Crippen molar-refractivity contribution in [3.05, 3.63) is 17.0 Å². The first-order chi connectivity index (χ1) is 9.13. The zero-order valence-electron chi connectivity index (χ0n) is 13.0. The van der Waals surface area contributed by atoms with Crippen LogP contribution >= 0.6 is 0 Å². The topological polar surface area (TPSA) is 29.9 Å². The summed E-state index contributed by atoms with van der Waals surface area (Å²) in [5, 5.41) is 8.35. The first kappa shape index (κ1) is 14.6. The molecule has 1 atom stereocenters. The zero-order valence-corrected chi connectivity index (χ0v) is 13.0. The summed E-state index contributed by atoms with van der Waals surface area (Å²) in [6.45, 7) is 7.73. The van der Waals surface area contributed by atoms with Crippen LogP contribution in [0.15, 0.2) is 0 Å². The summed E-state index contributed by atoms with van der Waals surface area (Å²) < 4.78 is 2.02. The second kappa shape index (κ2) is 6.56. The molecule has 1 heterocycles. The highest BCUT2D eigenvalue weighted by Crippen LogP contribution is 2.30. The fourth-order valence-electron chi connectivity index (χ4n) is 3.43. The van der Waals surface area contributed by atoms with Gasteiger partial charge in [-0.15, -0.1) is 0 Å². The van der Waals surface area contributed by atoms with Crippen LogP contribution in [-0.4, -0.2) is 22.4 Å². The monoisotopic (exact) mass is 263 g/mol. The normalized spacial score (nSPS) is 18.1. The van der Waals surface area contributed by atoms with Crippen molar-refractivity contribution >= 4 is 0 Å². The second-order valence-corrected chi connectivity index (χ2v) is 6.08. The van der Waals surface area contributed by atoms with E-state index >= 15 is 0 Å². The van der Waals surface area contributed by atoms with Crippen LogP contribution in [0.25, 0.3) is 0 Å². The van der Waals surface area contributed by atoms with Crippen molar-refractivity contribution in [1.29, 1.82) is 0 Å².